The van der Waals surface area contributed by atoms with E-state index in [0.29, 0.717) is 22.4 Å². The Morgan fingerprint density at radius 3 is 2.77 bits per heavy atom. The Morgan fingerprint density at radius 1 is 1.17 bits per heavy atom. The van der Waals surface area contributed by atoms with Crippen LogP contribution < -0.4 is 9.47 Å². The van der Waals surface area contributed by atoms with Crippen LogP contribution in [0.3, 0.4) is 0 Å². The first-order valence-electron chi connectivity index (χ1n) is 11.8. The van der Waals surface area contributed by atoms with Gasteiger partial charge in [-0.1, -0.05) is 54.3 Å². The number of thioether (sulfide) groups is 1. The van der Waals surface area contributed by atoms with Crippen molar-refractivity contribution in [3.8, 4) is 11.5 Å². The molecule has 2 aliphatic rings. The Hall–Kier alpha value is -2.81. The largest absolute Gasteiger partial charge is 0.493 e. The van der Waals surface area contributed by atoms with Crippen molar-refractivity contribution < 1.29 is 19.0 Å². The lowest BCUT2D eigenvalue weighted by molar-refractivity contribution is -0.123. The number of fused-ring (bicyclic) bond motifs is 1. The summed E-state index contributed by atoms with van der Waals surface area (Å²) in [6.07, 6.45) is 7.01. The fourth-order valence-electron chi connectivity index (χ4n) is 4.52. The summed E-state index contributed by atoms with van der Waals surface area (Å²) in [6, 6.07) is 15.9. The molecular formula is C27H28N2O4S2. The van der Waals surface area contributed by atoms with Gasteiger partial charge in [0, 0.05) is 35.8 Å². The molecule has 0 bridgehead atoms. The van der Waals surface area contributed by atoms with Crippen LogP contribution in [0.4, 0.5) is 0 Å². The first kappa shape index (κ1) is 23.9. The first-order valence-corrected chi connectivity index (χ1v) is 13.1. The van der Waals surface area contributed by atoms with E-state index in [1.165, 1.54) is 11.8 Å². The van der Waals surface area contributed by atoms with E-state index in [9.17, 15) is 4.79 Å². The number of aromatic nitrogens is 1. The molecule has 182 valence electrons. The molecule has 0 saturated carbocycles. The van der Waals surface area contributed by atoms with E-state index in [1.807, 2.05) is 42.5 Å². The zero-order valence-electron chi connectivity index (χ0n) is 19.6. The molecule has 1 amide bonds. The van der Waals surface area contributed by atoms with Gasteiger partial charge in [0.2, 0.25) is 0 Å². The molecule has 3 aromatic rings. The van der Waals surface area contributed by atoms with E-state index in [4.69, 9.17) is 26.4 Å². The summed E-state index contributed by atoms with van der Waals surface area (Å²) in [7, 11) is 1.64. The van der Waals surface area contributed by atoms with Gasteiger partial charge in [0.1, 0.15) is 4.32 Å². The van der Waals surface area contributed by atoms with Crippen molar-refractivity contribution in [1.82, 2.24) is 9.47 Å². The Balaban J connectivity index is 1.29. The van der Waals surface area contributed by atoms with E-state index in [2.05, 4.69) is 22.9 Å². The lowest BCUT2D eigenvalue weighted by Crippen LogP contribution is -2.35. The number of rotatable bonds is 9. The molecule has 8 heteroatoms. The SMILES string of the molecule is COc1ccccc1OCCCn1cc(/C=C2\SC(=S)N(C[C@H]3CCCO3)C2=O)c2ccccc21. The predicted octanol–water partition coefficient (Wildman–Crippen LogP) is 5.50. The van der Waals surface area contributed by atoms with Crippen molar-refractivity contribution in [3.63, 3.8) is 0 Å². The number of thiocarbonyl (C=S) groups is 1. The van der Waals surface area contributed by atoms with Gasteiger partial charge in [0.15, 0.2) is 11.5 Å². The molecule has 2 aliphatic heterocycles. The Kier molecular flexibility index (Phi) is 7.41. The van der Waals surface area contributed by atoms with E-state index < -0.39 is 0 Å². The number of carbonyl (C=O) groups is 1. The number of para-hydroxylation sites is 3. The summed E-state index contributed by atoms with van der Waals surface area (Å²) in [6.45, 7) is 2.67. The van der Waals surface area contributed by atoms with Gasteiger partial charge >= 0.3 is 0 Å². The molecule has 0 spiro atoms. The van der Waals surface area contributed by atoms with Crippen molar-refractivity contribution >= 4 is 51.2 Å². The minimum atomic E-state index is -0.0301. The second-order valence-corrected chi connectivity index (χ2v) is 10.3. The van der Waals surface area contributed by atoms with Crippen LogP contribution in [0.2, 0.25) is 0 Å². The Bertz CT molecular complexity index is 1260. The lowest BCUT2D eigenvalue weighted by atomic mass is 10.1. The van der Waals surface area contributed by atoms with E-state index in [-0.39, 0.29) is 12.0 Å². The van der Waals surface area contributed by atoms with E-state index in [1.54, 1.807) is 12.0 Å². The number of aryl methyl sites for hydroxylation is 1. The highest BCUT2D eigenvalue weighted by Crippen LogP contribution is 2.35. The van der Waals surface area contributed by atoms with Crippen LogP contribution in [0.1, 0.15) is 24.8 Å². The topological polar surface area (TPSA) is 52.9 Å². The van der Waals surface area contributed by atoms with Gasteiger partial charge in [-0.15, -0.1) is 0 Å². The predicted molar refractivity (Wildman–Crippen MR) is 144 cm³/mol. The highest BCUT2D eigenvalue weighted by Gasteiger charge is 2.34. The van der Waals surface area contributed by atoms with Gasteiger partial charge in [0.05, 0.1) is 31.3 Å². The van der Waals surface area contributed by atoms with Crippen LogP contribution in [-0.4, -0.2) is 52.7 Å². The van der Waals surface area contributed by atoms with Crippen molar-refractivity contribution in [2.75, 3.05) is 26.9 Å². The summed E-state index contributed by atoms with van der Waals surface area (Å²) in [5.74, 6) is 1.45. The number of amides is 1. The minimum Gasteiger partial charge on any atom is -0.493 e. The summed E-state index contributed by atoms with van der Waals surface area (Å²) in [5, 5.41) is 1.11. The maximum atomic E-state index is 13.1. The van der Waals surface area contributed by atoms with Gasteiger partial charge in [-0.3, -0.25) is 9.69 Å². The van der Waals surface area contributed by atoms with Gasteiger partial charge in [-0.05, 0) is 43.5 Å². The average molecular weight is 509 g/mol. The third-order valence-corrected chi connectivity index (χ3v) is 7.64. The second-order valence-electron chi connectivity index (χ2n) is 8.58. The summed E-state index contributed by atoms with van der Waals surface area (Å²) < 4.78 is 19.8. The highest BCUT2D eigenvalue weighted by atomic mass is 32.2. The molecule has 6 nitrogen and oxygen atoms in total. The zero-order chi connectivity index (χ0) is 24.2. The molecule has 1 aromatic heterocycles. The smallest absolute Gasteiger partial charge is 0.266 e. The summed E-state index contributed by atoms with van der Waals surface area (Å²) >= 11 is 6.89. The first-order chi connectivity index (χ1) is 17.1. The molecule has 1 atom stereocenters. The quantitative estimate of drug-likeness (QED) is 0.216. The van der Waals surface area contributed by atoms with Crippen molar-refractivity contribution in [1.29, 1.82) is 0 Å². The van der Waals surface area contributed by atoms with Gasteiger partial charge in [0.25, 0.3) is 5.91 Å². The number of methoxy groups -OCH3 is 1. The summed E-state index contributed by atoms with van der Waals surface area (Å²) in [4.78, 5) is 15.5. The fourth-order valence-corrected chi connectivity index (χ4v) is 5.79. The molecule has 0 N–H and O–H groups in total. The Morgan fingerprint density at radius 2 is 1.97 bits per heavy atom. The maximum Gasteiger partial charge on any atom is 0.266 e. The van der Waals surface area contributed by atoms with Crippen LogP contribution >= 0.6 is 24.0 Å². The van der Waals surface area contributed by atoms with Crippen molar-refractivity contribution in [3.05, 3.63) is 65.2 Å². The maximum absolute atomic E-state index is 13.1. The Labute approximate surface area is 214 Å². The van der Waals surface area contributed by atoms with Crippen LogP contribution in [-0.2, 0) is 16.1 Å². The van der Waals surface area contributed by atoms with Crippen molar-refractivity contribution in [2.45, 2.75) is 31.9 Å². The molecule has 3 heterocycles. The van der Waals surface area contributed by atoms with Gasteiger partial charge in [-0.25, -0.2) is 0 Å². The van der Waals surface area contributed by atoms with Crippen LogP contribution in [0.15, 0.2) is 59.6 Å². The molecule has 0 unspecified atom stereocenters. The second kappa shape index (κ2) is 10.8. The van der Waals surface area contributed by atoms with Gasteiger partial charge in [-0.2, -0.15) is 0 Å². The highest BCUT2D eigenvalue weighted by molar-refractivity contribution is 8.26. The number of benzene rings is 2. The molecule has 2 aromatic carbocycles. The molecule has 0 radical (unpaired) electrons. The standard InChI is InChI=1S/C27H28N2O4S2/c1-31-23-11-4-5-12-24(23)33-15-7-13-28-17-19(21-9-2-3-10-22(21)28)16-25-26(30)29(27(34)35-25)18-20-8-6-14-32-20/h2-5,9-12,16-17,20H,6-8,13-15,18H2,1H3/b25-16-/t20-/m1/s1. The molecule has 2 saturated heterocycles. The molecule has 5 rings (SSSR count). The van der Waals surface area contributed by atoms with Gasteiger partial charge < -0.3 is 18.8 Å². The van der Waals surface area contributed by atoms with E-state index >= 15 is 0 Å². The molecule has 0 aliphatic carbocycles. The molecule has 35 heavy (non-hydrogen) atoms. The number of nitrogens with zero attached hydrogens (tertiary/aromatic N) is 2. The normalized spacial score (nSPS) is 19.3. The van der Waals surface area contributed by atoms with E-state index in [0.717, 1.165) is 60.4 Å². The molecule has 2 fully saturated rings. The zero-order valence-corrected chi connectivity index (χ0v) is 21.3. The van der Waals surface area contributed by atoms with Crippen molar-refractivity contribution in [2.24, 2.45) is 0 Å². The third kappa shape index (κ3) is 5.24. The average Bonchev–Trinajstić information content (AvgIpc) is 3.58. The third-order valence-electron chi connectivity index (χ3n) is 6.26. The van der Waals surface area contributed by atoms with Crippen LogP contribution in [0, 0.1) is 0 Å². The number of hydrogen-bond acceptors (Lipinski definition) is 6. The number of hydrogen-bond donors (Lipinski definition) is 0. The van der Waals surface area contributed by atoms with Crippen LogP contribution in [0.5, 0.6) is 11.5 Å². The number of carbonyl (C=O) groups excluding carboxylic acids is 1. The van der Waals surface area contributed by atoms with Crippen LogP contribution in [0.25, 0.3) is 17.0 Å². The minimum absolute atomic E-state index is 0.0301. The monoisotopic (exact) mass is 508 g/mol. The molecular weight excluding hydrogens is 480 g/mol. The lowest BCUT2D eigenvalue weighted by Gasteiger charge is -2.18. The number of ether oxygens (including phenoxy) is 3. The summed E-state index contributed by atoms with van der Waals surface area (Å²) in [5.41, 5.74) is 2.15. The fraction of sp³-hybridized carbons (Fsp3) is 0.333.